The SMILES string of the molecule is CC1=C(C(C)C)CNCCC1. The van der Waals surface area contributed by atoms with E-state index < -0.39 is 0 Å². The Morgan fingerprint density at radius 1 is 1.36 bits per heavy atom. The second kappa shape index (κ2) is 3.91. The molecule has 0 saturated carbocycles. The zero-order valence-electron chi connectivity index (χ0n) is 7.91. The van der Waals surface area contributed by atoms with Crippen LogP contribution in [0.2, 0.25) is 0 Å². The minimum Gasteiger partial charge on any atom is -0.313 e. The highest BCUT2D eigenvalue weighted by Gasteiger charge is 2.09. The van der Waals surface area contributed by atoms with E-state index in [-0.39, 0.29) is 0 Å². The molecule has 1 heterocycles. The second-order valence-electron chi connectivity index (χ2n) is 3.74. The number of rotatable bonds is 1. The summed E-state index contributed by atoms with van der Waals surface area (Å²) in [6, 6.07) is 0. The molecular formula is C10H19N. The molecule has 1 aliphatic rings. The van der Waals surface area contributed by atoms with Gasteiger partial charge in [-0.25, -0.2) is 0 Å². The van der Waals surface area contributed by atoms with Gasteiger partial charge in [0.25, 0.3) is 0 Å². The van der Waals surface area contributed by atoms with Crippen molar-refractivity contribution in [2.45, 2.75) is 33.6 Å². The maximum absolute atomic E-state index is 3.45. The summed E-state index contributed by atoms with van der Waals surface area (Å²) in [5.74, 6) is 0.723. The first kappa shape index (κ1) is 8.79. The summed E-state index contributed by atoms with van der Waals surface area (Å²) in [6.45, 7) is 9.15. The van der Waals surface area contributed by atoms with E-state index >= 15 is 0 Å². The zero-order valence-corrected chi connectivity index (χ0v) is 7.91. The predicted molar refractivity (Wildman–Crippen MR) is 49.6 cm³/mol. The summed E-state index contributed by atoms with van der Waals surface area (Å²) < 4.78 is 0. The highest BCUT2D eigenvalue weighted by Crippen LogP contribution is 2.19. The van der Waals surface area contributed by atoms with Crippen LogP contribution in [0.15, 0.2) is 11.1 Å². The Morgan fingerprint density at radius 2 is 2.09 bits per heavy atom. The van der Waals surface area contributed by atoms with Crippen LogP contribution in [-0.2, 0) is 0 Å². The van der Waals surface area contributed by atoms with E-state index in [1.807, 2.05) is 0 Å². The van der Waals surface area contributed by atoms with Crippen molar-refractivity contribution in [1.29, 1.82) is 0 Å². The van der Waals surface area contributed by atoms with Gasteiger partial charge in [-0.1, -0.05) is 25.0 Å². The van der Waals surface area contributed by atoms with Gasteiger partial charge in [0, 0.05) is 6.54 Å². The van der Waals surface area contributed by atoms with Crippen LogP contribution >= 0.6 is 0 Å². The lowest BCUT2D eigenvalue weighted by Crippen LogP contribution is -2.18. The Kier molecular flexibility index (Phi) is 3.13. The Balaban J connectivity index is 2.68. The molecule has 0 saturated heterocycles. The van der Waals surface area contributed by atoms with Crippen LogP contribution in [0.5, 0.6) is 0 Å². The number of nitrogens with one attached hydrogen (secondary N) is 1. The van der Waals surface area contributed by atoms with Crippen LogP contribution in [0.1, 0.15) is 33.6 Å². The third-order valence-corrected chi connectivity index (χ3v) is 2.47. The zero-order chi connectivity index (χ0) is 8.27. The topological polar surface area (TPSA) is 12.0 Å². The second-order valence-corrected chi connectivity index (χ2v) is 3.74. The van der Waals surface area contributed by atoms with Gasteiger partial charge in [-0.15, -0.1) is 0 Å². The summed E-state index contributed by atoms with van der Waals surface area (Å²) in [4.78, 5) is 0. The molecule has 0 bridgehead atoms. The molecule has 0 fully saturated rings. The summed E-state index contributed by atoms with van der Waals surface area (Å²) in [5, 5.41) is 3.45. The van der Waals surface area contributed by atoms with Crippen molar-refractivity contribution in [3.63, 3.8) is 0 Å². The molecule has 0 aromatic carbocycles. The average molecular weight is 153 g/mol. The summed E-state index contributed by atoms with van der Waals surface area (Å²) in [6.07, 6.45) is 2.60. The van der Waals surface area contributed by atoms with Crippen molar-refractivity contribution in [1.82, 2.24) is 5.32 Å². The molecule has 1 nitrogen and oxygen atoms in total. The molecule has 0 aromatic heterocycles. The molecular weight excluding hydrogens is 134 g/mol. The quantitative estimate of drug-likeness (QED) is 0.570. The van der Waals surface area contributed by atoms with Gasteiger partial charge in [0.05, 0.1) is 0 Å². The van der Waals surface area contributed by atoms with E-state index in [0.717, 1.165) is 12.5 Å². The summed E-state index contributed by atoms with van der Waals surface area (Å²) in [7, 11) is 0. The van der Waals surface area contributed by atoms with Crippen molar-refractivity contribution in [3.8, 4) is 0 Å². The van der Waals surface area contributed by atoms with Gasteiger partial charge in [0.1, 0.15) is 0 Å². The molecule has 0 radical (unpaired) electrons. The van der Waals surface area contributed by atoms with E-state index in [4.69, 9.17) is 0 Å². The molecule has 0 amide bonds. The van der Waals surface area contributed by atoms with Crippen molar-refractivity contribution in [2.75, 3.05) is 13.1 Å². The molecule has 0 aliphatic carbocycles. The molecule has 0 unspecified atom stereocenters. The van der Waals surface area contributed by atoms with Gasteiger partial charge in [0.2, 0.25) is 0 Å². The fraction of sp³-hybridized carbons (Fsp3) is 0.800. The Bertz CT molecular complexity index is 156. The van der Waals surface area contributed by atoms with Gasteiger partial charge >= 0.3 is 0 Å². The van der Waals surface area contributed by atoms with E-state index in [1.54, 1.807) is 11.1 Å². The van der Waals surface area contributed by atoms with Gasteiger partial charge in [-0.3, -0.25) is 0 Å². The maximum Gasteiger partial charge on any atom is 0.0169 e. The van der Waals surface area contributed by atoms with E-state index in [1.165, 1.54) is 19.4 Å². The molecule has 11 heavy (non-hydrogen) atoms. The van der Waals surface area contributed by atoms with Gasteiger partial charge < -0.3 is 5.32 Å². The highest BCUT2D eigenvalue weighted by molar-refractivity contribution is 5.17. The lowest BCUT2D eigenvalue weighted by Gasteiger charge is -2.12. The van der Waals surface area contributed by atoms with Gasteiger partial charge in [-0.05, 0) is 32.2 Å². The fourth-order valence-corrected chi connectivity index (χ4v) is 1.71. The molecule has 1 heteroatoms. The lowest BCUT2D eigenvalue weighted by molar-refractivity contribution is 0.668. The van der Waals surface area contributed by atoms with Crippen LogP contribution in [0.25, 0.3) is 0 Å². The molecule has 0 atom stereocenters. The first-order valence-electron chi connectivity index (χ1n) is 4.61. The summed E-state index contributed by atoms with van der Waals surface area (Å²) in [5.41, 5.74) is 3.24. The van der Waals surface area contributed by atoms with Crippen LogP contribution in [-0.4, -0.2) is 13.1 Å². The van der Waals surface area contributed by atoms with E-state index in [9.17, 15) is 0 Å². The summed E-state index contributed by atoms with van der Waals surface area (Å²) >= 11 is 0. The maximum atomic E-state index is 3.45. The molecule has 1 rings (SSSR count). The Hall–Kier alpha value is -0.300. The number of hydrogen-bond acceptors (Lipinski definition) is 1. The average Bonchev–Trinajstić information content (AvgIpc) is 2.13. The highest BCUT2D eigenvalue weighted by atomic mass is 14.9. The minimum absolute atomic E-state index is 0.723. The fourth-order valence-electron chi connectivity index (χ4n) is 1.71. The largest absolute Gasteiger partial charge is 0.313 e. The van der Waals surface area contributed by atoms with E-state index in [0.29, 0.717) is 0 Å². The molecule has 1 N–H and O–H groups in total. The van der Waals surface area contributed by atoms with Gasteiger partial charge in [-0.2, -0.15) is 0 Å². The van der Waals surface area contributed by atoms with Crippen molar-refractivity contribution >= 4 is 0 Å². The van der Waals surface area contributed by atoms with E-state index in [2.05, 4.69) is 26.1 Å². The first-order chi connectivity index (χ1) is 5.22. The van der Waals surface area contributed by atoms with Crippen molar-refractivity contribution < 1.29 is 0 Å². The molecule has 1 aliphatic heterocycles. The Labute approximate surface area is 69.9 Å². The van der Waals surface area contributed by atoms with Gasteiger partial charge in [0.15, 0.2) is 0 Å². The third-order valence-electron chi connectivity index (χ3n) is 2.47. The normalized spacial score (nSPS) is 20.7. The molecule has 0 aromatic rings. The molecule has 0 spiro atoms. The number of hydrogen-bond donors (Lipinski definition) is 1. The smallest absolute Gasteiger partial charge is 0.0169 e. The number of allylic oxidation sites excluding steroid dienone is 1. The van der Waals surface area contributed by atoms with Crippen LogP contribution in [0.3, 0.4) is 0 Å². The van der Waals surface area contributed by atoms with Crippen LogP contribution in [0, 0.1) is 5.92 Å². The third kappa shape index (κ3) is 2.33. The molecule has 64 valence electrons. The van der Waals surface area contributed by atoms with Crippen molar-refractivity contribution in [3.05, 3.63) is 11.1 Å². The minimum atomic E-state index is 0.723. The van der Waals surface area contributed by atoms with Crippen molar-refractivity contribution in [2.24, 2.45) is 5.92 Å². The Morgan fingerprint density at radius 3 is 2.73 bits per heavy atom. The predicted octanol–water partition coefficient (Wildman–Crippen LogP) is 2.34. The first-order valence-corrected chi connectivity index (χ1v) is 4.61. The lowest BCUT2D eigenvalue weighted by atomic mass is 9.97. The van der Waals surface area contributed by atoms with Crippen LogP contribution in [0.4, 0.5) is 0 Å². The monoisotopic (exact) mass is 153 g/mol. The van der Waals surface area contributed by atoms with Crippen LogP contribution < -0.4 is 5.32 Å². The standard InChI is InChI=1S/C10H19N/c1-8(2)10-7-11-6-4-5-9(10)3/h8,11H,4-7H2,1-3H3.